The number of ether oxygens (including phenoxy) is 1. The fourth-order valence-corrected chi connectivity index (χ4v) is 1.44. The Hall–Kier alpha value is -1.57. The molecule has 0 atom stereocenters. The van der Waals surface area contributed by atoms with Gasteiger partial charge in [0.1, 0.15) is 6.61 Å². The van der Waals surface area contributed by atoms with E-state index in [1.165, 1.54) is 24.9 Å². The Bertz CT molecular complexity index is 325. The van der Waals surface area contributed by atoms with Crippen molar-refractivity contribution in [3.05, 3.63) is 41.5 Å². The predicted octanol–water partition coefficient (Wildman–Crippen LogP) is 3.13. The largest absolute Gasteiger partial charge is 0.453 e. The minimum atomic E-state index is 0.279. The van der Waals surface area contributed by atoms with Crippen LogP contribution in [0.3, 0.4) is 0 Å². The Morgan fingerprint density at radius 2 is 2.06 bits per heavy atom. The molecule has 1 radical (unpaired) electrons. The average molecular weight is 217 g/mol. The number of rotatable bonds is 7. The van der Waals surface area contributed by atoms with E-state index in [9.17, 15) is 4.79 Å². The van der Waals surface area contributed by atoms with Crippen LogP contribution in [-0.2, 0) is 16.0 Å². The van der Waals surface area contributed by atoms with Crippen molar-refractivity contribution in [3.8, 4) is 0 Å². The van der Waals surface area contributed by atoms with Gasteiger partial charge in [0, 0.05) is 0 Å². The SMILES string of the molecule is CCCCc1ccc(/C=C/CO[C]=O)cc1. The molecule has 0 unspecified atom stereocenters. The van der Waals surface area contributed by atoms with Crippen molar-refractivity contribution in [3.63, 3.8) is 0 Å². The van der Waals surface area contributed by atoms with Crippen LogP contribution >= 0.6 is 0 Å². The zero-order chi connectivity index (χ0) is 11.6. The van der Waals surface area contributed by atoms with Crippen LogP contribution in [-0.4, -0.2) is 13.1 Å². The maximum atomic E-state index is 9.78. The lowest BCUT2D eigenvalue weighted by molar-refractivity contribution is 0.314. The Balaban J connectivity index is 2.44. The van der Waals surface area contributed by atoms with Crippen molar-refractivity contribution < 1.29 is 9.53 Å². The highest BCUT2D eigenvalue weighted by Gasteiger charge is 1.92. The fraction of sp³-hybridized carbons (Fsp3) is 0.357. The Kier molecular flexibility index (Phi) is 6.00. The lowest BCUT2D eigenvalue weighted by atomic mass is 10.1. The number of aryl methyl sites for hydroxylation is 1. The lowest BCUT2D eigenvalue weighted by Gasteiger charge is -2.00. The molecule has 0 aliphatic rings. The van der Waals surface area contributed by atoms with E-state index in [1.54, 1.807) is 6.08 Å². The number of unbranched alkanes of at least 4 members (excludes halogenated alkanes) is 1. The van der Waals surface area contributed by atoms with Crippen LogP contribution in [0.5, 0.6) is 0 Å². The highest BCUT2D eigenvalue weighted by Crippen LogP contribution is 2.09. The monoisotopic (exact) mass is 217 g/mol. The topological polar surface area (TPSA) is 26.3 Å². The van der Waals surface area contributed by atoms with Crippen molar-refractivity contribution in [2.24, 2.45) is 0 Å². The van der Waals surface area contributed by atoms with Gasteiger partial charge in [0.05, 0.1) is 0 Å². The number of benzene rings is 1. The second kappa shape index (κ2) is 7.69. The Morgan fingerprint density at radius 3 is 2.69 bits per heavy atom. The molecule has 0 bridgehead atoms. The van der Waals surface area contributed by atoms with Crippen molar-refractivity contribution in [1.29, 1.82) is 0 Å². The molecule has 0 aliphatic carbocycles. The molecule has 1 rings (SSSR count). The summed E-state index contributed by atoms with van der Waals surface area (Å²) >= 11 is 0. The number of carbonyl (C=O) groups excluding carboxylic acids is 1. The van der Waals surface area contributed by atoms with Crippen molar-refractivity contribution in [2.75, 3.05) is 6.61 Å². The quantitative estimate of drug-likeness (QED) is 0.656. The zero-order valence-electron chi connectivity index (χ0n) is 9.61. The molecule has 0 fully saturated rings. The summed E-state index contributed by atoms with van der Waals surface area (Å²) in [7, 11) is 0. The van der Waals surface area contributed by atoms with E-state index in [0.717, 1.165) is 12.0 Å². The van der Waals surface area contributed by atoms with Crippen LogP contribution in [0.15, 0.2) is 30.3 Å². The molecule has 0 heterocycles. The molecule has 0 aliphatic heterocycles. The summed E-state index contributed by atoms with van der Waals surface area (Å²) in [5, 5.41) is 0. The summed E-state index contributed by atoms with van der Waals surface area (Å²) in [5.41, 5.74) is 2.49. The third-order valence-corrected chi connectivity index (χ3v) is 2.35. The van der Waals surface area contributed by atoms with E-state index in [1.807, 2.05) is 6.08 Å². The summed E-state index contributed by atoms with van der Waals surface area (Å²) < 4.78 is 4.44. The van der Waals surface area contributed by atoms with Crippen LogP contribution in [0.1, 0.15) is 30.9 Å². The van der Waals surface area contributed by atoms with Gasteiger partial charge in [-0.05, 0) is 30.0 Å². The standard InChI is InChI=1S/C14H17O2/c1-2-3-5-13-7-9-14(10-8-13)6-4-11-16-12-15/h4,6-10H,2-3,5,11H2,1H3/b6-4+. The Morgan fingerprint density at radius 1 is 1.31 bits per heavy atom. The minimum absolute atomic E-state index is 0.279. The molecule has 2 nitrogen and oxygen atoms in total. The first-order valence-corrected chi connectivity index (χ1v) is 5.61. The average Bonchev–Trinajstić information content (AvgIpc) is 2.33. The third kappa shape index (κ3) is 4.78. The van der Waals surface area contributed by atoms with Crippen LogP contribution in [0.25, 0.3) is 6.08 Å². The van der Waals surface area contributed by atoms with Gasteiger partial charge >= 0.3 is 6.47 Å². The van der Waals surface area contributed by atoms with Crippen LogP contribution in [0.2, 0.25) is 0 Å². The molecule has 2 heteroatoms. The predicted molar refractivity (Wildman–Crippen MR) is 65.7 cm³/mol. The van der Waals surface area contributed by atoms with E-state index in [2.05, 4.69) is 35.9 Å². The van der Waals surface area contributed by atoms with Gasteiger partial charge in [-0.15, -0.1) is 0 Å². The van der Waals surface area contributed by atoms with Crippen LogP contribution in [0.4, 0.5) is 0 Å². The number of hydrogen-bond acceptors (Lipinski definition) is 2. The van der Waals surface area contributed by atoms with E-state index in [4.69, 9.17) is 0 Å². The summed E-state index contributed by atoms with van der Waals surface area (Å²) in [6, 6.07) is 8.43. The molecule has 1 aromatic carbocycles. The minimum Gasteiger partial charge on any atom is -0.453 e. The highest BCUT2D eigenvalue weighted by molar-refractivity contribution is 5.50. The Labute approximate surface area is 96.9 Å². The first kappa shape index (κ1) is 12.5. The van der Waals surface area contributed by atoms with Gasteiger partial charge in [-0.2, -0.15) is 0 Å². The first-order chi connectivity index (χ1) is 7.86. The van der Waals surface area contributed by atoms with Gasteiger partial charge in [-0.1, -0.05) is 43.7 Å². The van der Waals surface area contributed by atoms with Crippen LogP contribution in [0, 0.1) is 0 Å². The third-order valence-electron chi connectivity index (χ3n) is 2.35. The normalized spacial score (nSPS) is 10.6. The van der Waals surface area contributed by atoms with Gasteiger partial charge in [0.25, 0.3) is 0 Å². The molecule has 0 saturated carbocycles. The van der Waals surface area contributed by atoms with Gasteiger partial charge in [-0.25, -0.2) is 4.79 Å². The van der Waals surface area contributed by atoms with Gasteiger partial charge < -0.3 is 4.74 Å². The van der Waals surface area contributed by atoms with E-state index >= 15 is 0 Å². The van der Waals surface area contributed by atoms with Gasteiger partial charge in [-0.3, -0.25) is 0 Å². The number of hydrogen-bond donors (Lipinski definition) is 0. The second-order valence-electron chi connectivity index (χ2n) is 3.64. The van der Waals surface area contributed by atoms with Gasteiger partial charge in [0.2, 0.25) is 0 Å². The van der Waals surface area contributed by atoms with E-state index in [0.29, 0.717) is 0 Å². The summed E-state index contributed by atoms with van der Waals surface area (Å²) in [6.45, 7) is 3.86. The summed E-state index contributed by atoms with van der Waals surface area (Å²) in [4.78, 5) is 9.78. The molecular formula is C14H17O2. The smallest absolute Gasteiger partial charge is 0.417 e. The maximum Gasteiger partial charge on any atom is 0.417 e. The molecule has 0 spiro atoms. The molecule has 1 aromatic rings. The lowest BCUT2D eigenvalue weighted by Crippen LogP contribution is -1.86. The molecule has 0 N–H and O–H groups in total. The molecule has 0 aromatic heterocycles. The fourth-order valence-electron chi connectivity index (χ4n) is 1.44. The zero-order valence-corrected chi connectivity index (χ0v) is 9.61. The molecule has 85 valence electrons. The van der Waals surface area contributed by atoms with Crippen molar-refractivity contribution in [2.45, 2.75) is 26.2 Å². The molecular weight excluding hydrogens is 200 g/mol. The van der Waals surface area contributed by atoms with Crippen molar-refractivity contribution in [1.82, 2.24) is 0 Å². The maximum absolute atomic E-state index is 9.78. The molecule has 0 saturated heterocycles. The van der Waals surface area contributed by atoms with E-state index < -0.39 is 0 Å². The van der Waals surface area contributed by atoms with Crippen LogP contribution < -0.4 is 0 Å². The first-order valence-electron chi connectivity index (χ1n) is 5.61. The highest BCUT2D eigenvalue weighted by atomic mass is 16.5. The second-order valence-corrected chi connectivity index (χ2v) is 3.64. The molecule has 16 heavy (non-hydrogen) atoms. The van der Waals surface area contributed by atoms with Crippen molar-refractivity contribution >= 4 is 12.5 Å². The summed E-state index contributed by atoms with van der Waals surface area (Å²) in [6.07, 6.45) is 7.33. The molecule has 0 amide bonds. The summed E-state index contributed by atoms with van der Waals surface area (Å²) in [5.74, 6) is 0. The van der Waals surface area contributed by atoms with Gasteiger partial charge in [0.15, 0.2) is 0 Å². The van der Waals surface area contributed by atoms with E-state index in [-0.39, 0.29) is 6.61 Å².